The molecular weight excluding hydrogens is 343 g/mol. The highest BCUT2D eigenvalue weighted by molar-refractivity contribution is 5.73. The first-order chi connectivity index (χ1) is 13.1. The van der Waals surface area contributed by atoms with E-state index in [9.17, 15) is 9.18 Å². The number of fused-ring (bicyclic) bond motifs is 1. The van der Waals surface area contributed by atoms with Crippen molar-refractivity contribution in [2.24, 2.45) is 0 Å². The lowest BCUT2D eigenvalue weighted by molar-refractivity contribution is -0.129. The second-order valence-corrected chi connectivity index (χ2v) is 7.57. The minimum absolute atomic E-state index is 0.151. The van der Waals surface area contributed by atoms with Crippen molar-refractivity contribution >= 4 is 5.91 Å². The van der Waals surface area contributed by atoms with Crippen LogP contribution in [0, 0.1) is 5.82 Å². The number of halogens is 1. The number of piperidine rings is 1. The van der Waals surface area contributed by atoms with Crippen LogP contribution in [0.15, 0.2) is 30.5 Å². The smallest absolute Gasteiger partial charge is 0.219 e. The van der Waals surface area contributed by atoms with Gasteiger partial charge in [-0.05, 0) is 30.5 Å². The fourth-order valence-corrected chi connectivity index (χ4v) is 4.07. The summed E-state index contributed by atoms with van der Waals surface area (Å²) in [7, 11) is 0. The number of likely N-dealkylation sites (tertiary alicyclic amines) is 1. The van der Waals surface area contributed by atoms with Gasteiger partial charge in [0.05, 0.1) is 0 Å². The quantitative estimate of drug-likeness (QED) is 0.836. The number of benzene rings is 1. The predicted molar refractivity (Wildman–Crippen MR) is 100 cm³/mol. The summed E-state index contributed by atoms with van der Waals surface area (Å²) in [5.41, 5.74) is 3.31. The Bertz CT molecular complexity index is 833. The summed E-state index contributed by atoms with van der Waals surface area (Å²) in [6, 6.07) is 6.80. The first-order valence-electron chi connectivity index (χ1n) is 9.65. The summed E-state index contributed by atoms with van der Waals surface area (Å²) in [4.78, 5) is 25.2. The average Bonchev–Trinajstić information content (AvgIpc) is 2.68. The topological polar surface area (TPSA) is 49.3 Å². The van der Waals surface area contributed by atoms with Gasteiger partial charge in [0, 0.05) is 69.4 Å². The summed E-state index contributed by atoms with van der Waals surface area (Å²) in [6.45, 7) is 5.68. The Kier molecular flexibility index (Phi) is 5.16. The van der Waals surface area contributed by atoms with Gasteiger partial charge in [0.2, 0.25) is 5.91 Å². The average molecular weight is 368 g/mol. The molecule has 6 heteroatoms. The molecule has 1 aromatic heterocycles. The molecule has 1 amide bonds. The number of aromatic nitrogens is 2. The SMILES string of the molecule is CC(=O)N1CCC(c2ncc3c(n2)CCN(Cc2cccc(F)c2)C3)CC1. The standard InChI is InChI=1S/C21H25FN4O/c1-15(27)26-9-5-17(6-10-26)21-23-12-18-14-25(8-7-20(18)24-21)13-16-3-2-4-19(22)11-16/h2-4,11-12,17H,5-10,13-14H2,1H3. The van der Waals surface area contributed by atoms with Crippen LogP contribution in [-0.4, -0.2) is 45.3 Å². The first kappa shape index (κ1) is 18.0. The lowest BCUT2D eigenvalue weighted by Crippen LogP contribution is -2.37. The maximum atomic E-state index is 13.4. The van der Waals surface area contributed by atoms with Crippen molar-refractivity contribution in [3.8, 4) is 0 Å². The van der Waals surface area contributed by atoms with Crippen molar-refractivity contribution in [3.63, 3.8) is 0 Å². The van der Waals surface area contributed by atoms with Crippen molar-refractivity contribution in [2.75, 3.05) is 19.6 Å². The number of amides is 1. The monoisotopic (exact) mass is 368 g/mol. The Labute approximate surface area is 159 Å². The largest absolute Gasteiger partial charge is 0.343 e. The van der Waals surface area contributed by atoms with Crippen LogP contribution < -0.4 is 0 Å². The van der Waals surface area contributed by atoms with Crippen molar-refractivity contribution in [1.82, 2.24) is 19.8 Å². The molecule has 2 aromatic rings. The van der Waals surface area contributed by atoms with E-state index in [-0.39, 0.29) is 11.7 Å². The Morgan fingerprint density at radius 1 is 1.26 bits per heavy atom. The highest BCUT2D eigenvalue weighted by Gasteiger charge is 2.26. The van der Waals surface area contributed by atoms with Gasteiger partial charge in [-0.2, -0.15) is 0 Å². The number of carbonyl (C=O) groups is 1. The van der Waals surface area contributed by atoms with Crippen LogP contribution >= 0.6 is 0 Å². The second kappa shape index (κ2) is 7.72. The number of rotatable bonds is 3. The molecule has 0 unspecified atom stereocenters. The molecular formula is C21H25FN4O. The van der Waals surface area contributed by atoms with Crippen LogP contribution in [-0.2, 0) is 24.3 Å². The van der Waals surface area contributed by atoms with Gasteiger partial charge in [0.1, 0.15) is 11.6 Å². The lowest BCUT2D eigenvalue weighted by atomic mass is 9.95. The molecule has 0 bridgehead atoms. The van der Waals surface area contributed by atoms with Gasteiger partial charge in [-0.1, -0.05) is 12.1 Å². The van der Waals surface area contributed by atoms with Crippen LogP contribution in [0.4, 0.5) is 4.39 Å². The van der Waals surface area contributed by atoms with E-state index in [0.29, 0.717) is 5.92 Å². The van der Waals surface area contributed by atoms with E-state index in [1.165, 1.54) is 11.6 Å². The maximum absolute atomic E-state index is 13.4. The normalized spacial score (nSPS) is 18.4. The molecule has 0 saturated carbocycles. The zero-order valence-electron chi connectivity index (χ0n) is 15.7. The molecule has 5 nitrogen and oxygen atoms in total. The fraction of sp³-hybridized carbons (Fsp3) is 0.476. The predicted octanol–water partition coefficient (Wildman–Crippen LogP) is 2.90. The third-order valence-electron chi connectivity index (χ3n) is 5.63. The van der Waals surface area contributed by atoms with Gasteiger partial charge >= 0.3 is 0 Å². The van der Waals surface area contributed by atoms with Gasteiger partial charge in [0.15, 0.2) is 0 Å². The molecule has 3 heterocycles. The van der Waals surface area contributed by atoms with Crippen LogP contribution in [0.25, 0.3) is 0 Å². The Morgan fingerprint density at radius 2 is 2.07 bits per heavy atom. The van der Waals surface area contributed by atoms with Gasteiger partial charge in [0.25, 0.3) is 0 Å². The van der Waals surface area contributed by atoms with E-state index in [2.05, 4.69) is 9.88 Å². The molecule has 142 valence electrons. The number of nitrogens with zero attached hydrogens (tertiary/aromatic N) is 4. The van der Waals surface area contributed by atoms with Crippen LogP contribution in [0.3, 0.4) is 0 Å². The van der Waals surface area contributed by atoms with Gasteiger partial charge in [-0.25, -0.2) is 14.4 Å². The highest BCUT2D eigenvalue weighted by Crippen LogP contribution is 2.27. The third-order valence-corrected chi connectivity index (χ3v) is 5.63. The van der Waals surface area contributed by atoms with Crippen LogP contribution in [0.2, 0.25) is 0 Å². The summed E-state index contributed by atoms with van der Waals surface area (Å²) < 4.78 is 13.4. The highest BCUT2D eigenvalue weighted by atomic mass is 19.1. The zero-order chi connectivity index (χ0) is 18.8. The Balaban J connectivity index is 1.40. The van der Waals surface area contributed by atoms with Crippen molar-refractivity contribution in [1.29, 1.82) is 0 Å². The molecule has 4 rings (SSSR count). The summed E-state index contributed by atoms with van der Waals surface area (Å²) in [5, 5.41) is 0. The number of hydrogen-bond acceptors (Lipinski definition) is 4. The van der Waals surface area contributed by atoms with E-state index in [4.69, 9.17) is 4.98 Å². The van der Waals surface area contributed by atoms with E-state index >= 15 is 0 Å². The molecule has 0 atom stereocenters. The molecule has 0 aliphatic carbocycles. The minimum Gasteiger partial charge on any atom is -0.343 e. The third kappa shape index (κ3) is 4.16. The molecule has 1 fully saturated rings. The Morgan fingerprint density at radius 3 is 2.81 bits per heavy atom. The van der Waals surface area contributed by atoms with E-state index in [1.807, 2.05) is 17.2 Å². The summed E-state index contributed by atoms with van der Waals surface area (Å²) in [5.74, 6) is 1.23. The Hall–Kier alpha value is -2.34. The van der Waals surface area contributed by atoms with E-state index in [0.717, 1.165) is 69.1 Å². The molecule has 0 spiro atoms. The van der Waals surface area contributed by atoms with Crippen LogP contribution in [0.5, 0.6) is 0 Å². The molecule has 2 aliphatic heterocycles. The number of hydrogen-bond donors (Lipinski definition) is 0. The summed E-state index contributed by atoms with van der Waals surface area (Å²) in [6.07, 6.45) is 4.73. The van der Waals surface area contributed by atoms with Gasteiger partial charge in [-0.3, -0.25) is 9.69 Å². The van der Waals surface area contributed by atoms with Crippen molar-refractivity contribution in [2.45, 2.75) is 45.2 Å². The summed E-state index contributed by atoms with van der Waals surface area (Å²) >= 11 is 0. The first-order valence-corrected chi connectivity index (χ1v) is 9.65. The van der Waals surface area contributed by atoms with E-state index in [1.54, 1.807) is 19.1 Å². The van der Waals surface area contributed by atoms with E-state index < -0.39 is 0 Å². The molecule has 2 aliphatic rings. The molecule has 0 radical (unpaired) electrons. The molecule has 0 N–H and O–H groups in total. The lowest BCUT2D eigenvalue weighted by Gasteiger charge is -2.32. The maximum Gasteiger partial charge on any atom is 0.219 e. The second-order valence-electron chi connectivity index (χ2n) is 7.57. The molecule has 1 aromatic carbocycles. The van der Waals surface area contributed by atoms with Crippen molar-refractivity contribution < 1.29 is 9.18 Å². The number of carbonyl (C=O) groups excluding carboxylic acids is 1. The van der Waals surface area contributed by atoms with Crippen LogP contribution in [0.1, 0.15) is 48.3 Å². The molecule has 1 saturated heterocycles. The minimum atomic E-state index is -0.186. The zero-order valence-corrected chi connectivity index (χ0v) is 15.7. The van der Waals surface area contributed by atoms with Gasteiger partial charge in [-0.15, -0.1) is 0 Å². The van der Waals surface area contributed by atoms with Crippen molar-refractivity contribution in [3.05, 3.63) is 58.9 Å². The molecule has 27 heavy (non-hydrogen) atoms. The fourth-order valence-electron chi connectivity index (χ4n) is 4.07. The van der Waals surface area contributed by atoms with Gasteiger partial charge < -0.3 is 4.90 Å².